The van der Waals surface area contributed by atoms with Crippen molar-refractivity contribution in [3.63, 3.8) is 0 Å². The van der Waals surface area contributed by atoms with Crippen LogP contribution in [0.4, 0.5) is 10.1 Å². The minimum atomic E-state index is -0.340. The molecule has 0 aromatic carbocycles. The molecule has 0 aliphatic rings. The Kier molecular flexibility index (Phi) is 4.10. The van der Waals surface area contributed by atoms with Gasteiger partial charge in [-0.25, -0.2) is 9.37 Å². The summed E-state index contributed by atoms with van der Waals surface area (Å²) in [6.07, 6.45) is 3.65. The maximum absolute atomic E-state index is 12.8. The summed E-state index contributed by atoms with van der Waals surface area (Å²) in [4.78, 5) is 8.07. The fraction of sp³-hybridized carbons (Fsp3) is 0.231. The maximum atomic E-state index is 12.8. The van der Waals surface area contributed by atoms with Gasteiger partial charge in [-0.15, -0.1) is 0 Å². The molecule has 0 saturated carbocycles. The molecule has 2 heterocycles. The lowest BCUT2D eigenvalue weighted by Crippen LogP contribution is -2.12. The summed E-state index contributed by atoms with van der Waals surface area (Å²) in [7, 11) is 0. The van der Waals surface area contributed by atoms with Crippen LogP contribution in [0.5, 0.6) is 0 Å². The fourth-order valence-corrected chi connectivity index (χ4v) is 1.83. The lowest BCUT2D eigenvalue weighted by Gasteiger charge is -2.18. The standard InChI is InChI=1S/C13H13ClFN3/c1-2-10(11-6-5-9(15)8-17-11)18-12-4-3-7-16-13(12)14/h3-8,10,18H,2H2,1H3. The molecule has 2 aromatic rings. The van der Waals surface area contributed by atoms with E-state index in [0.717, 1.165) is 17.8 Å². The smallest absolute Gasteiger partial charge is 0.152 e. The van der Waals surface area contributed by atoms with Gasteiger partial charge in [-0.2, -0.15) is 0 Å². The molecule has 1 unspecified atom stereocenters. The third-order valence-corrected chi connectivity index (χ3v) is 2.91. The summed E-state index contributed by atoms with van der Waals surface area (Å²) in [5.74, 6) is -0.340. The normalized spacial score (nSPS) is 12.2. The highest BCUT2D eigenvalue weighted by molar-refractivity contribution is 6.31. The van der Waals surface area contributed by atoms with Gasteiger partial charge in [-0.05, 0) is 30.7 Å². The average Bonchev–Trinajstić information content (AvgIpc) is 2.39. The van der Waals surface area contributed by atoms with Crippen molar-refractivity contribution in [2.75, 3.05) is 5.32 Å². The Bertz CT molecular complexity index is 516. The van der Waals surface area contributed by atoms with Gasteiger partial charge in [0, 0.05) is 6.20 Å². The Labute approximate surface area is 110 Å². The van der Waals surface area contributed by atoms with Crippen LogP contribution in [0.1, 0.15) is 25.1 Å². The quantitative estimate of drug-likeness (QED) is 0.854. The molecule has 5 heteroatoms. The zero-order chi connectivity index (χ0) is 13.0. The van der Waals surface area contributed by atoms with Crippen molar-refractivity contribution in [3.8, 4) is 0 Å². The van der Waals surface area contributed by atoms with E-state index in [9.17, 15) is 4.39 Å². The number of rotatable bonds is 4. The molecule has 3 nitrogen and oxygen atoms in total. The first kappa shape index (κ1) is 12.8. The molecule has 94 valence electrons. The predicted octanol–water partition coefficient (Wildman–Crippen LogP) is 3.83. The summed E-state index contributed by atoms with van der Waals surface area (Å²) < 4.78 is 12.8. The van der Waals surface area contributed by atoms with Crippen LogP contribution in [0.3, 0.4) is 0 Å². The third kappa shape index (κ3) is 2.96. The van der Waals surface area contributed by atoms with Gasteiger partial charge in [-0.3, -0.25) is 4.98 Å². The van der Waals surface area contributed by atoms with Gasteiger partial charge < -0.3 is 5.32 Å². The first-order valence-corrected chi connectivity index (χ1v) is 6.07. The number of anilines is 1. The van der Waals surface area contributed by atoms with E-state index in [1.807, 2.05) is 13.0 Å². The van der Waals surface area contributed by atoms with Gasteiger partial charge >= 0.3 is 0 Å². The minimum absolute atomic E-state index is 0.0210. The fourth-order valence-electron chi connectivity index (χ4n) is 1.66. The molecule has 0 bridgehead atoms. The Morgan fingerprint density at radius 2 is 2.17 bits per heavy atom. The van der Waals surface area contributed by atoms with Crippen LogP contribution in [-0.4, -0.2) is 9.97 Å². The van der Waals surface area contributed by atoms with Crippen LogP contribution in [0.15, 0.2) is 36.7 Å². The molecule has 2 aromatic heterocycles. The molecule has 1 atom stereocenters. The summed E-state index contributed by atoms with van der Waals surface area (Å²) in [5.41, 5.74) is 1.52. The zero-order valence-corrected chi connectivity index (χ0v) is 10.7. The number of hydrogen-bond acceptors (Lipinski definition) is 3. The Balaban J connectivity index is 2.20. The number of hydrogen-bond donors (Lipinski definition) is 1. The third-order valence-electron chi connectivity index (χ3n) is 2.60. The highest BCUT2D eigenvalue weighted by Gasteiger charge is 2.12. The Morgan fingerprint density at radius 3 is 2.78 bits per heavy atom. The van der Waals surface area contributed by atoms with Crippen molar-refractivity contribution in [3.05, 3.63) is 53.3 Å². The van der Waals surface area contributed by atoms with E-state index in [0.29, 0.717) is 5.15 Å². The van der Waals surface area contributed by atoms with Gasteiger partial charge in [0.05, 0.1) is 23.6 Å². The van der Waals surface area contributed by atoms with E-state index in [1.54, 1.807) is 18.3 Å². The molecule has 1 N–H and O–H groups in total. The van der Waals surface area contributed by atoms with Gasteiger partial charge in [0.2, 0.25) is 0 Å². The number of nitrogens with zero attached hydrogens (tertiary/aromatic N) is 2. The molecule has 0 spiro atoms. The second-order valence-corrected chi connectivity index (χ2v) is 4.21. The lowest BCUT2D eigenvalue weighted by atomic mass is 10.1. The summed E-state index contributed by atoms with van der Waals surface area (Å²) in [6, 6.07) is 6.70. The summed E-state index contributed by atoms with van der Waals surface area (Å²) in [5, 5.41) is 3.67. The summed E-state index contributed by atoms with van der Waals surface area (Å²) in [6.45, 7) is 2.02. The van der Waals surface area contributed by atoms with Crippen molar-refractivity contribution in [1.29, 1.82) is 0 Å². The molecule has 0 aliphatic heterocycles. The molecule has 2 rings (SSSR count). The van der Waals surface area contributed by atoms with Crippen LogP contribution in [-0.2, 0) is 0 Å². The highest BCUT2D eigenvalue weighted by atomic mass is 35.5. The maximum Gasteiger partial charge on any atom is 0.152 e. The van der Waals surface area contributed by atoms with Crippen molar-refractivity contribution >= 4 is 17.3 Å². The molecular formula is C13H13ClFN3. The van der Waals surface area contributed by atoms with Crippen molar-refractivity contribution < 1.29 is 4.39 Å². The van der Waals surface area contributed by atoms with Crippen molar-refractivity contribution in [2.24, 2.45) is 0 Å². The van der Waals surface area contributed by atoms with Gasteiger partial charge in [0.15, 0.2) is 5.15 Å². The van der Waals surface area contributed by atoms with Crippen LogP contribution in [0.2, 0.25) is 5.15 Å². The number of halogens is 2. The average molecular weight is 266 g/mol. The van der Waals surface area contributed by atoms with E-state index >= 15 is 0 Å². The molecule has 0 fully saturated rings. The van der Waals surface area contributed by atoms with Gasteiger partial charge in [0.25, 0.3) is 0 Å². The van der Waals surface area contributed by atoms with Crippen LogP contribution >= 0.6 is 11.6 Å². The minimum Gasteiger partial charge on any atom is -0.374 e. The van der Waals surface area contributed by atoms with Gasteiger partial charge in [-0.1, -0.05) is 18.5 Å². The molecule has 0 saturated heterocycles. The monoisotopic (exact) mass is 265 g/mol. The van der Waals surface area contributed by atoms with Crippen molar-refractivity contribution in [2.45, 2.75) is 19.4 Å². The number of aromatic nitrogens is 2. The first-order valence-electron chi connectivity index (χ1n) is 5.69. The van der Waals surface area contributed by atoms with E-state index in [1.165, 1.54) is 12.3 Å². The van der Waals surface area contributed by atoms with E-state index in [2.05, 4.69) is 15.3 Å². The second-order valence-electron chi connectivity index (χ2n) is 3.85. The number of pyridine rings is 2. The Morgan fingerprint density at radius 1 is 1.33 bits per heavy atom. The van der Waals surface area contributed by atoms with E-state index in [4.69, 9.17) is 11.6 Å². The van der Waals surface area contributed by atoms with Crippen LogP contribution in [0.25, 0.3) is 0 Å². The van der Waals surface area contributed by atoms with E-state index in [-0.39, 0.29) is 11.9 Å². The molecular weight excluding hydrogens is 253 g/mol. The largest absolute Gasteiger partial charge is 0.374 e. The predicted molar refractivity (Wildman–Crippen MR) is 70.1 cm³/mol. The second kappa shape index (κ2) is 5.78. The lowest BCUT2D eigenvalue weighted by molar-refractivity contribution is 0.614. The molecule has 0 amide bonds. The number of nitrogens with one attached hydrogen (secondary N) is 1. The van der Waals surface area contributed by atoms with Gasteiger partial charge in [0.1, 0.15) is 5.82 Å². The van der Waals surface area contributed by atoms with Crippen LogP contribution < -0.4 is 5.32 Å². The van der Waals surface area contributed by atoms with Crippen molar-refractivity contribution in [1.82, 2.24) is 9.97 Å². The first-order chi connectivity index (χ1) is 8.70. The zero-order valence-electron chi connectivity index (χ0n) is 9.90. The topological polar surface area (TPSA) is 37.8 Å². The Hall–Kier alpha value is -1.68. The van der Waals surface area contributed by atoms with Crippen LogP contribution in [0, 0.1) is 5.82 Å². The summed E-state index contributed by atoms with van der Waals surface area (Å²) >= 11 is 5.98. The molecule has 18 heavy (non-hydrogen) atoms. The molecule has 0 radical (unpaired) electrons. The molecule has 0 aliphatic carbocycles. The van der Waals surface area contributed by atoms with E-state index < -0.39 is 0 Å². The highest BCUT2D eigenvalue weighted by Crippen LogP contribution is 2.25. The SMILES string of the molecule is CCC(Nc1cccnc1Cl)c1ccc(F)cn1.